The molecule has 2 aliphatic heterocycles. The van der Waals surface area contributed by atoms with E-state index in [2.05, 4.69) is 15.6 Å². The van der Waals surface area contributed by atoms with Crippen LogP contribution in [0, 0.1) is 5.41 Å². The van der Waals surface area contributed by atoms with E-state index in [0.717, 1.165) is 50.0 Å². The number of benzene rings is 1. The van der Waals surface area contributed by atoms with Gasteiger partial charge in [-0.15, -0.1) is 0 Å². The van der Waals surface area contributed by atoms with Gasteiger partial charge in [0.1, 0.15) is 5.65 Å². The van der Waals surface area contributed by atoms with Gasteiger partial charge in [0.2, 0.25) is 10.0 Å². The number of amides is 1. The van der Waals surface area contributed by atoms with E-state index >= 15 is 0 Å². The molecule has 2 fully saturated rings. The molecule has 4 heterocycles. The summed E-state index contributed by atoms with van der Waals surface area (Å²) in [5.41, 5.74) is 2.47. The highest BCUT2D eigenvalue weighted by Crippen LogP contribution is 2.40. The number of hydrogen-bond donors (Lipinski definition) is 2. The van der Waals surface area contributed by atoms with Gasteiger partial charge in [0.15, 0.2) is 0 Å². The molecule has 0 bridgehead atoms. The number of pyridine rings is 1. The molecule has 3 aromatic rings. The van der Waals surface area contributed by atoms with Gasteiger partial charge in [-0.25, -0.2) is 13.4 Å². The van der Waals surface area contributed by atoms with Crippen LogP contribution in [0.15, 0.2) is 59.9 Å². The number of fused-ring (bicyclic) bond motifs is 1. The van der Waals surface area contributed by atoms with Crippen LogP contribution < -0.4 is 10.6 Å². The van der Waals surface area contributed by atoms with Gasteiger partial charge in [-0.1, -0.05) is 12.1 Å². The summed E-state index contributed by atoms with van der Waals surface area (Å²) in [6, 6.07) is 10.4. The number of nitrogens with zero attached hydrogens (tertiary/aromatic N) is 3. The molecule has 5 rings (SSSR count). The summed E-state index contributed by atoms with van der Waals surface area (Å²) < 4.78 is 29.7. The molecule has 2 N–H and O–H groups in total. The second kappa shape index (κ2) is 8.89. The lowest BCUT2D eigenvalue weighted by molar-refractivity contribution is 0.0950. The largest absolute Gasteiger partial charge is 0.348 e. The Morgan fingerprint density at radius 2 is 1.76 bits per heavy atom. The highest BCUT2D eigenvalue weighted by atomic mass is 32.2. The lowest BCUT2D eigenvalue weighted by Gasteiger charge is -2.43. The molecular formula is C24H29N5O3S. The minimum absolute atomic E-state index is 0.192. The minimum Gasteiger partial charge on any atom is -0.348 e. The Hall–Kier alpha value is -2.75. The average molecular weight is 468 g/mol. The van der Waals surface area contributed by atoms with Crippen molar-refractivity contribution in [1.29, 1.82) is 0 Å². The van der Waals surface area contributed by atoms with Crippen LogP contribution in [-0.4, -0.2) is 54.2 Å². The van der Waals surface area contributed by atoms with Gasteiger partial charge in [-0.05, 0) is 74.0 Å². The monoisotopic (exact) mass is 467 g/mol. The van der Waals surface area contributed by atoms with E-state index in [0.29, 0.717) is 35.5 Å². The molecule has 0 unspecified atom stereocenters. The molecular weight excluding hydrogens is 438 g/mol. The van der Waals surface area contributed by atoms with Crippen LogP contribution in [0.4, 0.5) is 0 Å². The Kier molecular flexibility index (Phi) is 5.94. The highest BCUT2D eigenvalue weighted by Gasteiger charge is 2.39. The first-order chi connectivity index (χ1) is 16.0. The molecule has 174 valence electrons. The second-order valence-electron chi connectivity index (χ2n) is 9.09. The van der Waals surface area contributed by atoms with Gasteiger partial charge in [-0.2, -0.15) is 4.31 Å². The third kappa shape index (κ3) is 4.53. The predicted molar refractivity (Wildman–Crippen MR) is 125 cm³/mol. The summed E-state index contributed by atoms with van der Waals surface area (Å²) in [5, 5.41) is 6.29. The Labute approximate surface area is 194 Å². The van der Waals surface area contributed by atoms with E-state index < -0.39 is 10.0 Å². The van der Waals surface area contributed by atoms with E-state index in [1.165, 1.54) is 0 Å². The van der Waals surface area contributed by atoms with Gasteiger partial charge in [-0.3, -0.25) is 4.79 Å². The molecule has 2 aromatic heterocycles. The van der Waals surface area contributed by atoms with Crippen LogP contribution in [0.25, 0.3) is 5.65 Å². The quantitative estimate of drug-likeness (QED) is 0.601. The predicted octanol–water partition coefficient (Wildman–Crippen LogP) is 2.42. The zero-order valence-electron chi connectivity index (χ0n) is 18.5. The fourth-order valence-corrected chi connectivity index (χ4v) is 6.37. The standard InChI is InChI=1S/C24H29N5O3S/c30-23(20-3-6-22-26-13-16-28(22)18-20)27-17-19-1-4-21(5-2-19)33(31,32)29-14-9-24(10-15-29)7-11-25-12-8-24/h1-6,13,16,18,25H,7-12,14-15,17H2,(H,27,30). The number of piperidine rings is 2. The highest BCUT2D eigenvalue weighted by molar-refractivity contribution is 7.89. The first-order valence-corrected chi connectivity index (χ1v) is 12.9. The Balaban J connectivity index is 1.19. The van der Waals surface area contributed by atoms with Crippen molar-refractivity contribution in [3.05, 3.63) is 66.1 Å². The van der Waals surface area contributed by atoms with Gasteiger partial charge in [0.05, 0.1) is 10.5 Å². The smallest absolute Gasteiger partial charge is 0.253 e. The van der Waals surface area contributed by atoms with Crippen LogP contribution in [-0.2, 0) is 16.6 Å². The van der Waals surface area contributed by atoms with E-state index in [9.17, 15) is 13.2 Å². The molecule has 33 heavy (non-hydrogen) atoms. The second-order valence-corrected chi connectivity index (χ2v) is 11.0. The fraction of sp³-hybridized carbons (Fsp3) is 0.417. The number of aromatic nitrogens is 2. The molecule has 0 atom stereocenters. The Morgan fingerprint density at radius 3 is 2.48 bits per heavy atom. The van der Waals surface area contributed by atoms with Gasteiger partial charge in [0.25, 0.3) is 5.91 Å². The van der Waals surface area contributed by atoms with Gasteiger partial charge < -0.3 is 15.0 Å². The van der Waals surface area contributed by atoms with Crippen LogP contribution >= 0.6 is 0 Å². The maximum Gasteiger partial charge on any atom is 0.253 e. The van der Waals surface area contributed by atoms with Crippen molar-refractivity contribution in [3.63, 3.8) is 0 Å². The van der Waals surface area contributed by atoms with Crippen LogP contribution in [0.1, 0.15) is 41.6 Å². The van der Waals surface area contributed by atoms with Crippen molar-refractivity contribution in [2.24, 2.45) is 5.41 Å². The van der Waals surface area contributed by atoms with Crippen LogP contribution in [0.3, 0.4) is 0 Å². The summed E-state index contributed by atoms with van der Waals surface area (Å²) in [7, 11) is -3.50. The third-order valence-corrected chi connectivity index (χ3v) is 9.03. The molecule has 8 nitrogen and oxygen atoms in total. The summed E-state index contributed by atoms with van der Waals surface area (Å²) in [5.74, 6) is -0.192. The Morgan fingerprint density at radius 1 is 1.03 bits per heavy atom. The van der Waals surface area contributed by atoms with Crippen LogP contribution in [0.2, 0.25) is 0 Å². The number of rotatable bonds is 5. The number of hydrogen-bond acceptors (Lipinski definition) is 5. The molecule has 1 amide bonds. The minimum atomic E-state index is -3.50. The molecule has 9 heteroatoms. The number of carbonyl (C=O) groups is 1. The van der Waals surface area contributed by atoms with E-state index in [-0.39, 0.29) is 5.91 Å². The zero-order chi connectivity index (χ0) is 22.9. The lowest BCUT2D eigenvalue weighted by Crippen LogP contribution is -2.47. The van der Waals surface area contributed by atoms with Crippen molar-refractivity contribution in [1.82, 2.24) is 24.3 Å². The van der Waals surface area contributed by atoms with Crippen molar-refractivity contribution >= 4 is 21.6 Å². The Bertz CT molecular complexity index is 1240. The maximum absolute atomic E-state index is 13.1. The molecule has 2 aliphatic rings. The SMILES string of the molecule is O=C(NCc1ccc(S(=O)(=O)N2CCC3(CCNCC3)CC2)cc1)c1ccc2nccn2c1. The maximum atomic E-state index is 13.1. The first-order valence-electron chi connectivity index (χ1n) is 11.5. The zero-order valence-corrected chi connectivity index (χ0v) is 19.4. The fourth-order valence-electron chi connectivity index (χ4n) is 4.93. The summed E-state index contributed by atoms with van der Waals surface area (Å²) >= 11 is 0. The summed E-state index contributed by atoms with van der Waals surface area (Å²) in [4.78, 5) is 17.0. The molecule has 0 radical (unpaired) electrons. The van der Waals surface area contributed by atoms with E-state index in [1.54, 1.807) is 63.7 Å². The lowest BCUT2D eigenvalue weighted by atomic mass is 9.72. The topological polar surface area (TPSA) is 95.8 Å². The van der Waals surface area contributed by atoms with Crippen molar-refractivity contribution in [2.45, 2.75) is 37.1 Å². The van der Waals surface area contributed by atoms with E-state index in [1.807, 2.05) is 0 Å². The molecule has 1 spiro atoms. The number of nitrogens with one attached hydrogen (secondary N) is 2. The molecule has 0 aliphatic carbocycles. The molecule has 2 saturated heterocycles. The van der Waals surface area contributed by atoms with Crippen molar-refractivity contribution < 1.29 is 13.2 Å². The number of carbonyl (C=O) groups excluding carboxylic acids is 1. The molecule has 1 aromatic carbocycles. The van der Waals surface area contributed by atoms with Gasteiger partial charge >= 0.3 is 0 Å². The van der Waals surface area contributed by atoms with Crippen molar-refractivity contribution in [3.8, 4) is 0 Å². The number of imidazole rings is 1. The van der Waals surface area contributed by atoms with Gasteiger partial charge in [0, 0.05) is 38.2 Å². The number of sulfonamides is 1. The summed E-state index contributed by atoms with van der Waals surface area (Å²) in [6.07, 6.45) is 9.35. The van der Waals surface area contributed by atoms with Crippen LogP contribution in [0.5, 0.6) is 0 Å². The normalized spacial score (nSPS) is 19.0. The third-order valence-electron chi connectivity index (χ3n) is 7.11. The summed E-state index contributed by atoms with van der Waals surface area (Å²) in [6.45, 7) is 3.55. The average Bonchev–Trinajstić information content (AvgIpc) is 3.32. The molecule has 0 saturated carbocycles. The van der Waals surface area contributed by atoms with E-state index in [4.69, 9.17) is 0 Å². The first kappa shape index (κ1) is 22.1. The van der Waals surface area contributed by atoms with Crippen molar-refractivity contribution in [2.75, 3.05) is 26.2 Å².